The first-order valence-electron chi connectivity index (χ1n) is 8.60. The molecule has 27 heavy (non-hydrogen) atoms. The minimum absolute atomic E-state index is 0.0227. The third-order valence-electron chi connectivity index (χ3n) is 4.76. The number of nitrogens with zero attached hydrogens (tertiary/aromatic N) is 1. The van der Waals surface area contributed by atoms with Crippen molar-refractivity contribution in [1.82, 2.24) is 4.57 Å². The summed E-state index contributed by atoms with van der Waals surface area (Å²) < 4.78 is 3.18. The molecule has 0 unspecified atom stereocenters. The molecule has 0 aliphatic heterocycles. The van der Waals surface area contributed by atoms with Gasteiger partial charge in [0, 0.05) is 0 Å². The van der Waals surface area contributed by atoms with Gasteiger partial charge in [-0.05, 0) is 0 Å². The van der Waals surface area contributed by atoms with Crippen LogP contribution in [0.15, 0.2) is 83.8 Å². The van der Waals surface area contributed by atoms with Gasteiger partial charge in [0.25, 0.3) is 0 Å². The molecule has 3 aromatic carbocycles. The van der Waals surface area contributed by atoms with E-state index in [-0.39, 0.29) is 20.4 Å². The first-order chi connectivity index (χ1) is 13.2. The van der Waals surface area contributed by atoms with Crippen LogP contribution >= 0.6 is 11.6 Å². The van der Waals surface area contributed by atoms with Crippen LogP contribution in [0.4, 0.5) is 0 Å². The van der Waals surface area contributed by atoms with Crippen molar-refractivity contribution in [2.75, 3.05) is 0 Å². The Morgan fingerprint density at radius 1 is 0.815 bits per heavy atom. The fourth-order valence-electron chi connectivity index (χ4n) is 3.53. The van der Waals surface area contributed by atoms with Crippen molar-refractivity contribution in [3.8, 4) is 10.0 Å². The van der Waals surface area contributed by atoms with E-state index in [0.29, 0.717) is 10.6 Å². The van der Waals surface area contributed by atoms with E-state index >= 15 is 0 Å². The molecule has 0 N–H and O–H groups in total. The Balaban J connectivity index is 1.81. The van der Waals surface area contributed by atoms with Crippen LogP contribution in [0.5, 0.6) is 0 Å². The van der Waals surface area contributed by atoms with Gasteiger partial charge in [-0.1, -0.05) is 0 Å². The summed E-state index contributed by atoms with van der Waals surface area (Å²) in [5.74, 6) is -0.0227. The molecule has 0 aliphatic rings. The third kappa shape index (κ3) is 2.67. The van der Waals surface area contributed by atoms with Crippen LogP contribution in [0.1, 0.15) is 10.4 Å². The third-order valence-corrected chi connectivity index (χ3v) is 7.14. The normalized spacial score (nSPS) is 11.3. The Morgan fingerprint density at radius 3 is 2.30 bits per heavy atom. The number of para-hydroxylation sites is 1. The Kier molecular flexibility index (Phi) is 4.02. The van der Waals surface area contributed by atoms with E-state index < -0.39 is 0 Å². The van der Waals surface area contributed by atoms with Gasteiger partial charge in [0.05, 0.1) is 0 Å². The van der Waals surface area contributed by atoms with Gasteiger partial charge in [-0.25, -0.2) is 0 Å². The molecular weight excluding hydrogens is 421 g/mol. The van der Waals surface area contributed by atoms with Gasteiger partial charge < -0.3 is 0 Å². The zero-order valence-corrected chi connectivity index (χ0v) is 16.7. The number of fused-ring (bicyclic) bond motifs is 3. The van der Waals surface area contributed by atoms with Gasteiger partial charge in [0.2, 0.25) is 0 Å². The van der Waals surface area contributed by atoms with E-state index in [9.17, 15) is 4.79 Å². The molecule has 0 spiro atoms. The number of benzene rings is 3. The van der Waals surface area contributed by atoms with Crippen molar-refractivity contribution in [3.63, 3.8) is 0 Å². The molecule has 0 saturated heterocycles. The molecule has 0 fully saturated rings. The SMILES string of the molecule is O=C(c1ccc(Cl)cc1)n1c2ccccc2c2c(-c3ccccc3)[se]cc21. The standard InChI is InChI=1S/C23H14ClNOSe/c24-17-12-10-16(11-13-17)23(26)25-19-9-5-4-8-18(19)21-20(25)14-27-22(21)15-6-2-1-3-7-15/h1-14H. The fraction of sp³-hybridized carbons (Fsp3) is 0. The van der Waals surface area contributed by atoms with Gasteiger partial charge in [0.1, 0.15) is 0 Å². The van der Waals surface area contributed by atoms with Gasteiger partial charge >= 0.3 is 168 Å². The monoisotopic (exact) mass is 435 g/mol. The number of aromatic nitrogens is 1. The van der Waals surface area contributed by atoms with E-state index in [1.807, 2.05) is 28.8 Å². The molecule has 5 rings (SSSR count). The van der Waals surface area contributed by atoms with E-state index in [1.165, 1.54) is 15.4 Å². The zero-order valence-electron chi connectivity index (χ0n) is 14.2. The Bertz CT molecular complexity index is 1280. The molecule has 130 valence electrons. The average Bonchev–Trinajstić information content (AvgIpc) is 3.27. The van der Waals surface area contributed by atoms with Crippen molar-refractivity contribution in [2.45, 2.75) is 0 Å². The molecule has 0 atom stereocenters. The van der Waals surface area contributed by atoms with Crippen molar-refractivity contribution < 1.29 is 4.79 Å². The molecule has 0 aliphatic carbocycles. The van der Waals surface area contributed by atoms with Gasteiger partial charge in [-0.3, -0.25) is 0 Å². The second kappa shape index (κ2) is 6.54. The Morgan fingerprint density at radius 2 is 1.52 bits per heavy atom. The summed E-state index contributed by atoms with van der Waals surface area (Å²) >= 11 is 6.18. The summed E-state index contributed by atoms with van der Waals surface area (Å²) in [5.41, 5.74) is 3.82. The number of rotatable bonds is 2. The van der Waals surface area contributed by atoms with Gasteiger partial charge in [0.15, 0.2) is 0 Å². The van der Waals surface area contributed by atoms with E-state index in [1.54, 1.807) is 24.3 Å². The van der Waals surface area contributed by atoms with E-state index in [0.717, 1.165) is 16.4 Å². The summed E-state index contributed by atoms with van der Waals surface area (Å²) in [6.45, 7) is 0. The maximum atomic E-state index is 13.3. The van der Waals surface area contributed by atoms with Crippen LogP contribution in [0.2, 0.25) is 5.02 Å². The van der Waals surface area contributed by atoms with Crippen LogP contribution in [0, 0.1) is 0 Å². The van der Waals surface area contributed by atoms with Crippen LogP contribution in [0.25, 0.3) is 31.8 Å². The summed E-state index contributed by atoms with van der Waals surface area (Å²) in [6, 6.07) is 25.7. The number of carbonyl (C=O) groups is 1. The summed E-state index contributed by atoms with van der Waals surface area (Å²) in [6.07, 6.45) is 0. The fourth-order valence-corrected chi connectivity index (χ4v) is 5.87. The first kappa shape index (κ1) is 16.6. The molecule has 2 heterocycles. The number of hydrogen-bond donors (Lipinski definition) is 0. The number of hydrogen-bond acceptors (Lipinski definition) is 1. The maximum absolute atomic E-state index is 13.3. The second-order valence-corrected chi connectivity index (χ2v) is 8.64. The van der Waals surface area contributed by atoms with Crippen molar-refractivity contribution in [1.29, 1.82) is 0 Å². The second-order valence-electron chi connectivity index (χ2n) is 6.36. The number of halogens is 1. The molecule has 0 bridgehead atoms. The summed E-state index contributed by atoms with van der Waals surface area (Å²) in [4.78, 5) is 15.6. The molecule has 2 aromatic heterocycles. The summed E-state index contributed by atoms with van der Waals surface area (Å²) in [5, 5.41) is 2.95. The van der Waals surface area contributed by atoms with E-state index in [2.05, 4.69) is 35.3 Å². The van der Waals surface area contributed by atoms with Crippen LogP contribution in [-0.2, 0) is 0 Å². The zero-order chi connectivity index (χ0) is 18.4. The van der Waals surface area contributed by atoms with Gasteiger partial charge in [-0.15, -0.1) is 0 Å². The molecule has 2 nitrogen and oxygen atoms in total. The van der Waals surface area contributed by atoms with Crippen molar-refractivity contribution in [2.24, 2.45) is 0 Å². The predicted molar refractivity (Wildman–Crippen MR) is 113 cm³/mol. The topological polar surface area (TPSA) is 22.0 Å². The summed E-state index contributed by atoms with van der Waals surface area (Å²) in [7, 11) is 0. The van der Waals surface area contributed by atoms with Crippen molar-refractivity contribution in [3.05, 3.63) is 94.4 Å². The molecule has 0 radical (unpaired) electrons. The Labute approximate surface area is 167 Å². The van der Waals surface area contributed by atoms with Crippen LogP contribution < -0.4 is 0 Å². The predicted octanol–water partition coefficient (Wildman–Crippen LogP) is 5.86. The number of carbonyl (C=O) groups excluding carboxylic acids is 1. The molecule has 4 heteroatoms. The molecule has 0 saturated carbocycles. The van der Waals surface area contributed by atoms with E-state index in [4.69, 9.17) is 11.6 Å². The van der Waals surface area contributed by atoms with Crippen LogP contribution in [-0.4, -0.2) is 25.0 Å². The Hall–Kier alpha value is -2.58. The first-order valence-corrected chi connectivity index (χ1v) is 10.8. The van der Waals surface area contributed by atoms with Gasteiger partial charge in [-0.2, -0.15) is 0 Å². The molecule has 5 aromatic rings. The molecular formula is C23H14ClNOSe. The molecule has 0 amide bonds. The minimum atomic E-state index is -0.0227. The van der Waals surface area contributed by atoms with Crippen LogP contribution in [0.3, 0.4) is 0 Å². The average molecular weight is 435 g/mol. The quantitative estimate of drug-likeness (QED) is 0.319. The van der Waals surface area contributed by atoms with Crippen molar-refractivity contribution >= 4 is 53.8 Å².